The summed E-state index contributed by atoms with van der Waals surface area (Å²) < 4.78 is 4.20. The molecule has 18 heavy (non-hydrogen) atoms. The van der Waals surface area contributed by atoms with E-state index in [9.17, 15) is 0 Å². The van der Waals surface area contributed by atoms with E-state index >= 15 is 0 Å². The van der Waals surface area contributed by atoms with Crippen molar-refractivity contribution in [3.63, 3.8) is 0 Å². The SMILES string of the molecule is Cn1nccc1CCC(N)c1cc(Br)ccc1I. The molecule has 0 fully saturated rings. The van der Waals surface area contributed by atoms with Gasteiger partial charge in [-0.1, -0.05) is 15.9 Å². The van der Waals surface area contributed by atoms with Gasteiger partial charge in [0.05, 0.1) is 0 Å². The summed E-state index contributed by atoms with van der Waals surface area (Å²) in [6, 6.07) is 8.33. The van der Waals surface area contributed by atoms with Gasteiger partial charge in [0, 0.05) is 33.0 Å². The molecule has 2 N–H and O–H groups in total. The highest BCUT2D eigenvalue weighted by molar-refractivity contribution is 14.1. The maximum Gasteiger partial charge on any atom is 0.0492 e. The van der Waals surface area contributed by atoms with Crippen molar-refractivity contribution in [2.75, 3.05) is 0 Å². The molecule has 0 amide bonds. The van der Waals surface area contributed by atoms with Crippen LogP contribution in [0, 0.1) is 3.57 Å². The van der Waals surface area contributed by atoms with Gasteiger partial charge in [0.1, 0.15) is 0 Å². The molecule has 0 aliphatic carbocycles. The molecule has 0 aliphatic rings. The van der Waals surface area contributed by atoms with Crippen molar-refractivity contribution in [2.24, 2.45) is 12.8 Å². The molecule has 1 aromatic heterocycles. The molecule has 1 atom stereocenters. The first-order valence-corrected chi connectivity index (χ1v) is 7.62. The Kier molecular flexibility index (Phi) is 4.80. The Labute approximate surface area is 129 Å². The number of nitrogens with zero attached hydrogens (tertiary/aromatic N) is 2. The van der Waals surface area contributed by atoms with E-state index in [2.05, 4.69) is 55.8 Å². The molecule has 2 aromatic rings. The van der Waals surface area contributed by atoms with Crippen molar-refractivity contribution in [3.05, 3.63) is 49.8 Å². The highest BCUT2D eigenvalue weighted by atomic mass is 127. The second-order valence-corrected chi connectivity index (χ2v) is 6.34. The summed E-state index contributed by atoms with van der Waals surface area (Å²) in [6.45, 7) is 0. The normalized spacial score (nSPS) is 12.7. The molecule has 1 aromatic carbocycles. The lowest BCUT2D eigenvalue weighted by atomic mass is 10.0. The van der Waals surface area contributed by atoms with Crippen LogP contribution in [0.4, 0.5) is 0 Å². The summed E-state index contributed by atoms with van der Waals surface area (Å²) in [6.07, 6.45) is 3.69. The Balaban J connectivity index is 2.06. The predicted molar refractivity (Wildman–Crippen MR) is 85.3 cm³/mol. The molecular formula is C13H15BrIN3. The lowest BCUT2D eigenvalue weighted by Gasteiger charge is -2.14. The second-order valence-electron chi connectivity index (χ2n) is 4.26. The van der Waals surface area contributed by atoms with Gasteiger partial charge in [0.2, 0.25) is 0 Å². The molecule has 0 bridgehead atoms. The minimum atomic E-state index is 0.0595. The Morgan fingerprint density at radius 1 is 1.44 bits per heavy atom. The fourth-order valence-electron chi connectivity index (χ4n) is 1.90. The summed E-state index contributed by atoms with van der Waals surface area (Å²) in [4.78, 5) is 0. The second kappa shape index (κ2) is 6.16. The van der Waals surface area contributed by atoms with Crippen LogP contribution in [0.1, 0.15) is 23.7 Å². The molecule has 0 spiro atoms. The highest BCUT2D eigenvalue weighted by Crippen LogP contribution is 2.25. The monoisotopic (exact) mass is 419 g/mol. The summed E-state index contributed by atoms with van der Waals surface area (Å²) in [5.74, 6) is 0. The number of halogens is 2. The van der Waals surface area contributed by atoms with Gasteiger partial charge >= 0.3 is 0 Å². The van der Waals surface area contributed by atoms with Gasteiger partial charge in [0.15, 0.2) is 0 Å². The Hall–Kier alpha value is -0.400. The van der Waals surface area contributed by atoms with E-state index in [1.807, 2.05) is 30.1 Å². The highest BCUT2D eigenvalue weighted by Gasteiger charge is 2.11. The van der Waals surface area contributed by atoms with E-state index in [-0.39, 0.29) is 6.04 Å². The molecule has 0 saturated heterocycles. The fraction of sp³-hybridized carbons (Fsp3) is 0.308. The van der Waals surface area contributed by atoms with Crippen molar-refractivity contribution in [1.29, 1.82) is 0 Å². The van der Waals surface area contributed by atoms with Gasteiger partial charge in [-0.2, -0.15) is 5.10 Å². The fourth-order valence-corrected chi connectivity index (χ4v) is 3.02. The third kappa shape index (κ3) is 3.33. The topological polar surface area (TPSA) is 43.8 Å². The van der Waals surface area contributed by atoms with Gasteiger partial charge in [-0.3, -0.25) is 4.68 Å². The van der Waals surface area contributed by atoms with Crippen LogP contribution in [0.15, 0.2) is 34.9 Å². The van der Waals surface area contributed by atoms with E-state index in [0.717, 1.165) is 17.3 Å². The standard InChI is InChI=1S/C13H15BrIN3/c1-18-10(6-7-17-18)3-5-13(16)11-8-9(14)2-4-12(11)15/h2,4,6-8,13H,3,5,16H2,1H3. The third-order valence-corrected chi connectivity index (χ3v) is 4.47. The average Bonchev–Trinajstić information content (AvgIpc) is 2.75. The summed E-state index contributed by atoms with van der Waals surface area (Å²) in [5, 5.41) is 4.17. The third-order valence-electron chi connectivity index (χ3n) is 2.99. The lowest BCUT2D eigenvalue weighted by Crippen LogP contribution is -2.13. The Morgan fingerprint density at radius 2 is 2.22 bits per heavy atom. The summed E-state index contributed by atoms with van der Waals surface area (Å²) in [5.41, 5.74) is 8.70. The van der Waals surface area contributed by atoms with Gasteiger partial charge in [-0.25, -0.2) is 0 Å². The maximum absolute atomic E-state index is 6.28. The largest absolute Gasteiger partial charge is 0.324 e. The molecule has 0 aliphatic heterocycles. The quantitative estimate of drug-likeness (QED) is 0.771. The summed E-state index contributed by atoms with van der Waals surface area (Å²) in [7, 11) is 1.96. The van der Waals surface area contributed by atoms with Gasteiger partial charge < -0.3 is 5.73 Å². The molecule has 96 valence electrons. The molecule has 2 rings (SSSR count). The Morgan fingerprint density at radius 3 is 2.89 bits per heavy atom. The lowest BCUT2D eigenvalue weighted by molar-refractivity contribution is 0.612. The number of hydrogen-bond acceptors (Lipinski definition) is 2. The molecule has 1 unspecified atom stereocenters. The predicted octanol–water partition coefficient (Wildman–Crippen LogP) is 3.42. The minimum absolute atomic E-state index is 0.0595. The van der Waals surface area contributed by atoms with E-state index in [4.69, 9.17) is 5.73 Å². The minimum Gasteiger partial charge on any atom is -0.324 e. The van der Waals surface area contributed by atoms with Gasteiger partial charge in [0.25, 0.3) is 0 Å². The van der Waals surface area contributed by atoms with Crippen LogP contribution < -0.4 is 5.73 Å². The molecule has 0 radical (unpaired) electrons. The first-order chi connectivity index (χ1) is 8.58. The number of aromatic nitrogens is 2. The molecule has 3 nitrogen and oxygen atoms in total. The van der Waals surface area contributed by atoms with Crippen LogP contribution in [0.3, 0.4) is 0 Å². The van der Waals surface area contributed by atoms with Crippen molar-refractivity contribution < 1.29 is 0 Å². The van der Waals surface area contributed by atoms with Crippen molar-refractivity contribution in [2.45, 2.75) is 18.9 Å². The Bertz CT molecular complexity index is 539. The molecule has 1 heterocycles. The average molecular weight is 420 g/mol. The van der Waals surface area contributed by atoms with Crippen LogP contribution in [0.5, 0.6) is 0 Å². The number of nitrogens with two attached hydrogens (primary N) is 1. The zero-order valence-corrected chi connectivity index (χ0v) is 13.8. The zero-order valence-electron chi connectivity index (χ0n) is 10.1. The van der Waals surface area contributed by atoms with E-state index in [0.29, 0.717) is 0 Å². The van der Waals surface area contributed by atoms with Gasteiger partial charge in [-0.05, 0) is 65.3 Å². The zero-order chi connectivity index (χ0) is 13.1. The van der Waals surface area contributed by atoms with Crippen LogP contribution in [0.2, 0.25) is 0 Å². The number of benzene rings is 1. The van der Waals surface area contributed by atoms with E-state index in [1.165, 1.54) is 14.8 Å². The van der Waals surface area contributed by atoms with Crippen molar-refractivity contribution >= 4 is 38.5 Å². The van der Waals surface area contributed by atoms with Gasteiger partial charge in [-0.15, -0.1) is 0 Å². The molecule has 5 heteroatoms. The van der Waals surface area contributed by atoms with Crippen LogP contribution >= 0.6 is 38.5 Å². The molecular weight excluding hydrogens is 405 g/mol. The van der Waals surface area contributed by atoms with E-state index < -0.39 is 0 Å². The van der Waals surface area contributed by atoms with Crippen LogP contribution in [-0.4, -0.2) is 9.78 Å². The summed E-state index contributed by atoms with van der Waals surface area (Å²) >= 11 is 5.83. The smallest absolute Gasteiger partial charge is 0.0492 e. The number of hydrogen-bond donors (Lipinski definition) is 1. The molecule has 0 saturated carbocycles. The maximum atomic E-state index is 6.28. The van der Waals surface area contributed by atoms with Crippen molar-refractivity contribution in [1.82, 2.24) is 9.78 Å². The van der Waals surface area contributed by atoms with E-state index in [1.54, 1.807) is 0 Å². The first kappa shape index (κ1) is 14.0. The number of rotatable bonds is 4. The van der Waals surface area contributed by atoms with Crippen LogP contribution in [-0.2, 0) is 13.5 Å². The number of aryl methyl sites for hydroxylation is 2. The van der Waals surface area contributed by atoms with Crippen molar-refractivity contribution in [3.8, 4) is 0 Å². The van der Waals surface area contributed by atoms with Crippen LogP contribution in [0.25, 0.3) is 0 Å². The first-order valence-electron chi connectivity index (χ1n) is 5.75.